The highest BCUT2D eigenvalue weighted by molar-refractivity contribution is 5.94. The molecule has 6 nitrogen and oxygen atoms in total. The number of ether oxygens (including phenoxy) is 1. The fourth-order valence-electron chi connectivity index (χ4n) is 2.10. The van der Waals surface area contributed by atoms with E-state index in [-0.39, 0.29) is 25.0 Å². The molecule has 0 aromatic heterocycles. The summed E-state index contributed by atoms with van der Waals surface area (Å²) >= 11 is 0. The van der Waals surface area contributed by atoms with Gasteiger partial charge in [-0.3, -0.25) is 9.69 Å². The quantitative estimate of drug-likeness (QED) is 0.690. The number of imide groups is 1. The van der Waals surface area contributed by atoms with Gasteiger partial charge in [0.2, 0.25) is 5.91 Å². The Morgan fingerprint density at radius 2 is 2.31 bits per heavy atom. The number of rotatable bonds is 3. The maximum atomic E-state index is 11.7. The zero-order chi connectivity index (χ0) is 11.5. The van der Waals surface area contributed by atoms with Crippen molar-refractivity contribution in [2.24, 2.45) is 5.92 Å². The maximum absolute atomic E-state index is 11.7. The molecule has 1 unspecified atom stereocenters. The lowest BCUT2D eigenvalue weighted by molar-refractivity contribution is -0.128. The van der Waals surface area contributed by atoms with Crippen molar-refractivity contribution in [1.29, 1.82) is 0 Å². The van der Waals surface area contributed by atoms with Gasteiger partial charge in [0.1, 0.15) is 6.61 Å². The summed E-state index contributed by atoms with van der Waals surface area (Å²) < 4.78 is 4.70. The van der Waals surface area contributed by atoms with Crippen LogP contribution in [0.25, 0.3) is 0 Å². The molecular weight excluding hydrogens is 212 g/mol. The third kappa shape index (κ3) is 2.33. The number of carbonyl (C=O) groups is 2. The first-order valence-electron chi connectivity index (χ1n) is 5.51. The van der Waals surface area contributed by atoms with Gasteiger partial charge in [0.05, 0.1) is 13.1 Å². The van der Waals surface area contributed by atoms with Crippen molar-refractivity contribution in [3.05, 3.63) is 0 Å². The van der Waals surface area contributed by atoms with E-state index >= 15 is 0 Å². The molecule has 2 rings (SSSR count). The number of hydrogen-bond donors (Lipinski definition) is 1. The SMILES string of the molecule is O=C(CN1CCC(CO)C1)N1CCOC1=O. The number of aliphatic hydroxyl groups is 1. The summed E-state index contributed by atoms with van der Waals surface area (Å²) in [5.41, 5.74) is 0. The van der Waals surface area contributed by atoms with Crippen LogP contribution in [0.5, 0.6) is 0 Å². The molecule has 2 fully saturated rings. The fourth-order valence-corrected chi connectivity index (χ4v) is 2.10. The molecule has 0 saturated carbocycles. The summed E-state index contributed by atoms with van der Waals surface area (Å²) in [7, 11) is 0. The third-order valence-electron chi connectivity index (χ3n) is 3.05. The van der Waals surface area contributed by atoms with E-state index in [9.17, 15) is 9.59 Å². The standard InChI is InChI=1S/C10H16N2O4/c13-7-8-1-2-11(5-8)6-9(14)12-3-4-16-10(12)15/h8,13H,1-7H2. The number of carbonyl (C=O) groups excluding carboxylic acids is 2. The summed E-state index contributed by atoms with van der Waals surface area (Å²) in [5.74, 6) is 0.0550. The zero-order valence-electron chi connectivity index (χ0n) is 9.09. The van der Waals surface area contributed by atoms with E-state index in [0.717, 1.165) is 24.4 Å². The summed E-state index contributed by atoms with van der Waals surface area (Å²) in [6, 6.07) is 0. The van der Waals surface area contributed by atoms with Crippen LogP contribution in [0.3, 0.4) is 0 Å². The van der Waals surface area contributed by atoms with Crippen LogP contribution < -0.4 is 0 Å². The van der Waals surface area contributed by atoms with Crippen LogP contribution in [0, 0.1) is 5.92 Å². The zero-order valence-corrected chi connectivity index (χ0v) is 9.09. The Labute approximate surface area is 93.8 Å². The lowest BCUT2D eigenvalue weighted by Gasteiger charge is -2.17. The normalized spacial score (nSPS) is 26.2. The number of nitrogens with zero attached hydrogens (tertiary/aromatic N) is 2. The average molecular weight is 228 g/mol. The molecular formula is C10H16N2O4. The highest BCUT2D eigenvalue weighted by atomic mass is 16.6. The second kappa shape index (κ2) is 4.80. The average Bonchev–Trinajstić information content (AvgIpc) is 2.86. The Morgan fingerprint density at radius 1 is 1.50 bits per heavy atom. The van der Waals surface area contributed by atoms with E-state index in [4.69, 9.17) is 9.84 Å². The predicted molar refractivity (Wildman–Crippen MR) is 54.7 cm³/mol. The van der Waals surface area contributed by atoms with Gasteiger partial charge in [0, 0.05) is 13.2 Å². The van der Waals surface area contributed by atoms with Crippen LogP contribution in [0.2, 0.25) is 0 Å². The Balaban J connectivity index is 1.81. The minimum atomic E-state index is -0.539. The van der Waals surface area contributed by atoms with Crippen LogP contribution in [0.15, 0.2) is 0 Å². The van der Waals surface area contributed by atoms with Gasteiger partial charge >= 0.3 is 6.09 Å². The monoisotopic (exact) mass is 228 g/mol. The van der Waals surface area contributed by atoms with E-state index in [0.29, 0.717) is 13.2 Å². The lowest BCUT2D eigenvalue weighted by Crippen LogP contribution is -2.40. The van der Waals surface area contributed by atoms with E-state index < -0.39 is 6.09 Å². The number of hydrogen-bond acceptors (Lipinski definition) is 5. The second-order valence-electron chi connectivity index (χ2n) is 4.23. The smallest absolute Gasteiger partial charge is 0.416 e. The molecule has 2 saturated heterocycles. The summed E-state index contributed by atoms with van der Waals surface area (Å²) in [6.45, 7) is 2.59. The molecule has 1 N–H and O–H groups in total. The van der Waals surface area contributed by atoms with E-state index in [1.165, 1.54) is 0 Å². The first-order valence-corrected chi connectivity index (χ1v) is 5.51. The van der Waals surface area contributed by atoms with Gasteiger partial charge in [-0.1, -0.05) is 0 Å². The topological polar surface area (TPSA) is 70.1 Å². The molecule has 0 aromatic carbocycles. The van der Waals surface area contributed by atoms with Gasteiger partial charge in [-0.2, -0.15) is 0 Å². The third-order valence-corrected chi connectivity index (χ3v) is 3.05. The predicted octanol–water partition coefficient (Wildman–Crippen LogP) is -0.721. The van der Waals surface area contributed by atoms with Crippen molar-refractivity contribution in [3.63, 3.8) is 0 Å². The molecule has 6 heteroatoms. The summed E-state index contributed by atoms with van der Waals surface area (Å²) in [5, 5.41) is 8.98. The van der Waals surface area contributed by atoms with Crippen molar-refractivity contribution in [1.82, 2.24) is 9.80 Å². The molecule has 2 aliphatic rings. The number of cyclic esters (lactones) is 1. The van der Waals surface area contributed by atoms with Crippen LogP contribution >= 0.6 is 0 Å². The fraction of sp³-hybridized carbons (Fsp3) is 0.800. The lowest BCUT2D eigenvalue weighted by atomic mass is 10.1. The van der Waals surface area contributed by atoms with E-state index in [1.807, 2.05) is 4.90 Å². The van der Waals surface area contributed by atoms with Gasteiger partial charge in [0.15, 0.2) is 0 Å². The van der Waals surface area contributed by atoms with Crippen LogP contribution in [-0.2, 0) is 9.53 Å². The highest BCUT2D eigenvalue weighted by Gasteiger charge is 2.31. The molecule has 2 aliphatic heterocycles. The minimum Gasteiger partial charge on any atom is -0.447 e. The largest absolute Gasteiger partial charge is 0.447 e. The van der Waals surface area contributed by atoms with Gasteiger partial charge in [-0.05, 0) is 18.9 Å². The minimum absolute atomic E-state index is 0.163. The van der Waals surface area contributed by atoms with E-state index in [2.05, 4.69) is 0 Å². The Kier molecular flexibility index (Phi) is 3.40. The molecule has 1 atom stereocenters. The van der Waals surface area contributed by atoms with E-state index in [1.54, 1.807) is 0 Å². The molecule has 2 amide bonds. The van der Waals surface area contributed by atoms with Crippen LogP contribution in [0.4, 0.5) is 4.79 Å². The van der Waals surface area contributed by atoms with Crippen molar-refractivity contribution < 1.29 is 19.4 Å². The van der Waals surface area contributed by atoms with Gasteiger partial charge in [0.25, 0.3) is 0 Å². The number of aliphatic hydroxyl groups excluding tert-OH is 1. The van der Waals surface area contributed by atoms with Gasteiger partial charge < -0.3 is 9.84 Å². The molecule has 0 aliphatic carbocycles. The number of likely N-dealkylation sites (tertiary alicyclic amines) is 1. The van der Waals surface area contributed by atoms with Crippen molar-refractivity contribution in [2.45, 2.75) is 6.42 Å². The van der Waals surface area contributed by atoms with Crippen molar-refractivity contribution in [3.8, 4) is 0 Å². The first kappa shape index (κ1) is 11.3. The molecule has 0 spiro atoms. The Morgan fingerprint density at radius 3 is 2.88 bits per heavy atom. The first-order chi connectivity index (χ1) is 7.70. The van der Waals surface area contributed by atoms with Gasteiger partial charge in [-0.25, -0.2) is 9.69 Å². The van der Waals surface area contributed by atoms with Crippen molar-refractivity contribution in [2.75, 3.05) is 39.4 Å². The molecule has 0 aromatic rings. The van der Waals surface area contributed by atoms with Crippen molar-refractivity contribution >= 4 is 12.0 Å². The molecule has 0 radical (unpaired) electrons. The highest BCUT2D eigenvalue weighted by Crippen LogP contribution is 2.15. The van der Waals surface area contributed by atoms with Gasteiger partial charge in [-0.15, -0.1) is 0 Å². The Bertz CT molecular complexity index is 295. The Hall–Kier alpha value is -1.14. The maximum Gasteiger partial charge on any atom is 0.416 e. The summed E-state index contributed by atoms with van der Waals surface area (Å²) in [6.07, 6.45) is 0.372. The number of amides is 2. The molecule has 90 valence electrons. The molecule has 16 heavy (non-hydrogen) atoms. The van der Waals surface area contributed by atoms with Crippen LogP contribution in [0.1, 0.15) is 6.42 Å². The molecule has 2 heterocycles. The van der Waals surface area contributed by atoms with Crippen LogP contribution in [-0.4, -0.2) is 66.3 Å². The summed E-state index contributed by atoms with van der Waals surface area (Å²) in [4.78, 5) is 26.0. The second-order valence-corrected chi connectivity index (χ2v) is 4.23. The molecule has 0 bridgehead atoms.